The highest BCUT2D eigenvalue weighted by molar-refractivity contribution is 9.09. The first-order chi connectivity index (χ1) is 8.72. The fraction of sp³-hybridized carbons (Fsp3) is 0.933. The van der Waals surface area contributed by atoms with Gasteiger partial charge < -0.3 is 4.90 Å². The number of carbonyl (C=O) groups is 1. The summed E-state index contributed by atoms with van der Waals surface area (Å²) in [7, 11) is 0. The Morgan fingerprint density at radius 3 is 2.83 bits per heavy atom. The lowest BCUT2D eigenvalue weighted by Crippen LogP contribution is -2.43. The Kier molecular flexibility index (Phi) is 7.96. The minimum atomic E-state index is 0.271. The summed E-state index contributed by atoms with van der Waals surface area (Å²) in [6, 6.07) is 0. The minimum Gasteiger partial charge on any atom is -0.342 e. The van der Waals surface area contributed by atoms with Gasteiger partial charge in [-0.2, -0.15) is 0 Å². The molecule has 3 heteroatoms. The van der Waals surface area contributed by atoms with E-state index >= 15 is 0 Å². The van der Waals surface area contributed by atoms with Crippen LogP contribution in [0.1, 0.15) is 58.8 Å². The zero-order valence-electron chi connectivity index (χ0n) is 12.0. The summed E-state index contributed by atoms with van der Waals surface area (Å²) in [5, 5.41) is 1.06. The van der Waals surface area contributed by atoms with E-state index in [9.17, 15) is 4.79 Å². The van der Waals surface area contributed by atoms with Crippen LogP contribution in [0.4, 0.5) is 0 Å². The smallest absolute Gasteiger partial charge is 0.225 e. The third kappa shape index (κ3) is 4.91. The number of likely N-dealkylation sites (tertiary alicyclic amines) is 1. The normalized spacial score (nSPS) is 21.9. The van der Waals surface area contributed by atoms with E-state index < -0.39 is 0 Å². The summed E-state index contributed by atoms with van der Waals surface area (Å²) in [6.45, 7) is 6.33. The molecule has 2 nitrogen and oxygen atoms in total. The Bertz CT molecular complexity index is 243. The first-order valence-corrected chi connectivity index (χ1v) is 8.69. The molecule has 2 unspecified atom stereocenters. The van der Waals surface area contributed by atoms with E-state index in [4.69, 9.17) is 0 Å². The Morgan fingerprint density at radius 1 is 1.44 bits per heavy atom. The highest BCUT2D eigenvalue weighted by atomic mass is 79.9. The van der Waals surface area contributed by atoms with Crippen LogP contribution in [0.25, 0.3) is 0 Å². The van der Waals surface area contributed by atoms with Crippen molar-refractivity contribution >= 4 is 21.8 Å². The first-order valence-electron chi connectivity index (χ1n) is 7.57. The Hall–Kier alpha value is -0.0500. The molecule has 0 bridgehead atoms. The van der Waals surface area contributed by atoms with Gasteiger partial charge in [-0.3, -0.25) is 4.79 Å². The summed E-state index contributed by atoms with van der Waals surface area (Å²) in [6.07, 6.45) is 8.13. The van der Waals surface area contributed by atoms with Crippen LogP contribution in [-0.2, 0) is 4.79 Å². The molecule has 0 aliphatic carbocycles. The molecule has 0 radical (unpaired) electrons. The van der Waals surface area contributed by atoms with Crippen molar-refractivity contribution in [1.29, 1.82) is 0 Å². The molecule has 0 N–H and O–H groups in total. The predicted octanol–water partition coefficient (Wildman–Crippen LogP) is 4.23. The number of carbonyl (C=O) groups excluding carboxylic acids is 1. The number of hydrogen-bond acceptors (Lipinski definition) is 1. The van der Waals surface area contributed by atoms with Gasteiger partial charge in [-0.05, 0) is 38.0 Å². The second kappa shape index (κ2) is 8.95. The molecule has 0 saturated carbocycles. The standard InChI is InChI=1S/C15H28BrNO/c1-3-5-8-14(4-2)15(18)17-11-6-7-13(12-17)9-10-16/h13-14H,3-12H2,1-2H3. The Balaban J connectivity index is 2.47. The highest BCUT2D eigenvalue weighted by Crippen LogP contribution is 2.24. The molecule has 1 heterocycles. The van der Waals surface area contributed by atoms with Crippen molar-refractivity contribution in [3.63, 3.8) is 0 Å². The van der Waals surface area contributed by atoms with E-state index in [-0.39, 0.29) is 5.92 Å². The van der Waals surface area contributed by atoms with Crippen molar-refractivity contribution < 1.29 is 4.79 Å². The number of hydrogen-bond donors (Lipinski definition) is 0. The molecule has 1 rings (SSSR count). The molecule has 1 saturated heterocycles. The van der Waals surface area contributed by atoms with Gasteiger partial charge in [0.15, 0.2) is 0 Å². The number of halogens is 1. The maximum Gasteiger partial charge on any atom is 0.225 e. The van der Waals surface area contributed by atoms with Crippen molar-refractivity contribution in [1.82, 2.24) is 4.90 Å². The van der Waals surface area contributed by atoms with Crippen LogP contribution >= 0.6 is 15.9 Å². The third-order valence-electron chi connectivity index (χ3n) is 4.10. The molecule has 1 amide bonds. The molecule has 0 aromatic heterocycles. The van der Waals surface area contributed by atoms with Crippen LogP contribution in [0.15, 0.2) is 0 Å². The van der Waals surface area contributed by atoms with Gasteiger partial charge in [0.05, 0.1) is 0 Å². The van der Waals surface area contributed by atoms with Crippen molar-refractivity contribution in [3.8, 4) is 0 Å². The van der Waals surface area contributed by atoms with Crippen LogP contribution < -0.4 is 0 Å². The number of amides is 1. The monoisotopic (exact) mass is 317 g/mol. The van der Waals surface area contributed by atoms with Crippen LogP contribution in [0, 0.1) is 11.8 Å². The van der Waals surface area contributed by atoms with E-state index in [0.717, 1.165) is 31.3 Å². The van der Waals surface area contributed by atoms with Gasteiger partial charge in [0.2, 0.25) is 5.91 Å². The number of piperidine rings is 1. The van der Waals surface area contributed by atoms with Gasteiger partial charge >= 0.3 is 0 Å². The lowest BCUT2D eigenvalue weighted by atomic mass is 9.92. The molecule has 0 aromatic rings. The molecule has 18 heavy (non-hydrogen) atoms. The molecule has 2 atom stereocenters. The van der Waals surface area contributed by atoms with Crippen LogP contribution in [0.2, 0.25) is 0 Å². The van der Waals surface area contributed by atoms with E-state index in [1.165, 1.54) is 32.1 Å². The second-order valence-electron chi connectivity index (χ2n) is 5.52. The number of unbranched alkanes of at least 4 members (excludes halogenated alkanes) is 1. The molecule has 0 aromatic carbocycles. The molecule has 0 spiro atoms. The molecule has 1 aliphatic heterocycles. The summed E-state index contributed by atoms with van der Waals surface area (Å²) in [5.74, 6) is 1.41. The SMILES string of the molecule is CCCCC(CC)C(=O)N1CCCC(CCBr)C1. The van der Waals surface area contributed by atoms with Crippen molar-refractivity contribution in [2.75, 3.05) is 18.4 Å². The maximum atomic E-state index is 12.5. The maximum absolute atomic E-state index is 12.5. The van der Waals surface area contributed by atoms with Crippen molar-refractivity contribution in [2.24, 2.45) is 11.8 Å². The summed E-state index contributed by atoms with van der Waals surface area (Å²) >= 11 is 3.52. The zero-order chi connectivity index (χ0) is 13.4. The summed E-state index contributed by atoms with van der Waals surface area (Å²) < 4.78 is 0. The van der Waals surface area contributed by atoms with Crippen LogP contribution in [0.5, 0.6) is 0 Å². The van der Waals surface area contributed by atoms with Crippen LogP contribution in [0.3, 0.4) is 0 Å². The van der Waals surface area contributed by atoms with Crippen LogP contribution in [-0.4, -0.2) is 29.2 Å². The quantitative estimate of drug-likeness (QED) is 0.643. The van der Waals surface area contributed by atoms with Gasteiger partial charge in [0.25, 0.3) is 0 Å². The molecular formula is C15H28BrNO. The molecule has 1 fully saturated rings. The number of rotatable bonds is 7. The highest BCUT2D eigenvalue weighted by Gasteiger charge is 2.27. The number of nitrogens with zero attached hydrogens (tertiary/aromatic N) is 1. The molecule has 1 aliphatic rings. The molecular weight excluding hydrogens is 290 g/mol. The fourth-order valence-corrected chi connectivity index (χ4v) is 3.51. The van der Waals surface area contributed by atoms with E-state index in [2.05, 4.69) is 34.7 Å². The van der Waals surface area contributed by atoms with Crippen molar-refractivity contribution in [2.45, 2.75) is 58.8 Å². The lowest BCUT2D eigenvalue weighted by Gasteiger charge is -2.34. The lowest BCUT2D eigenvalue weighted by molar-refractivity contribution is -0.137. The summed E-state index contributed by atoms with van der Waals surface area (Å²) in [5.41, 5.74) is 0. The Labute approximate surface area is 121 Å². The predicted molar refractivity (Wildman–Crippen MR) is 81.0 cm³/mol. The van der Waals surface area contributed by atoms with Gasteiger partial charge in [-0.25, -0.2) is 0 Å². The minimum absolute atomic E-state index is 0.271. The third-order valence-corrected chi connectivity index (χ3v) is 4.55. The largest absolute Gasteiger partial charge is 0.342 e. The van der Waals surface area contributed by atoms with E-state index in [1.54, 1.807) is 0 Å². The topological polar surface area (TPSA) is 20.3 Å². The van der Waals surface area contributed by atoms with E-state index in [0.29, 0.717) is 11.8 Å². The van der Waals surface area contributed by atoms with Gasteiger partial charge in [-0.1, -0.05) is 42.6 Å². The zero-order valence-corrected chi connectivity index (χ0v) is 13.5. The average molecular weight is 318 g/mol. The average Bonchev–Trinajstić information content (AvgIpc) is 2.40. The van der Waals surface area contributed by atoms with E-state index in [1.807, 2.05) is 0 Å². The van der Waals surface area contributed by atoms with Gasteiger partial charge in [0, 0.05) is 24.3 Å². The van der Waals surface area contributed by atoms with Gasteiger partial charge in [0.1, 0.15) is 0 Å². The Morgan fingerprint density at radius 2 is 2.22 bits per heavy atom. The summed E-state index contributed by atoms with van der Waals surface area (Å²) in [4.78, 5) is 14.6. The van der Waals surface area contributed by atoms with Crippen molar-refractivity contribution in [3.05, 3.63) is 0 Å². The first kappa shape index (κ1) is 16.0. The molecule has 106 valence electrons. The fourth-order valence-electron chi connectivity index (χ4n) is 2.87. The second-order valence-corrected chi connectivity index (χ2v) is 6.31. The van der Waals surface area contributed by atoms with Gasteiger partial charge in [-0.15, -0.1) is 0 Å². The number of alkyl halides is 1.